The lowest BCUT2D eigenvalue weighted by atomic mass is 9.79. The Bertz CT molecular complexity index is 534. The minimum atomic E-state index is -0.242. The van der Waals surface area contributed by atoms with Crippen LogP contribution in [0.4, 0.5) is 0 Å². The predicted octanol–water partition coefficient (Wildman–Crippen LogP) is 2.89. The van der Waals surface area contributed by atoms with Gasteiger partial charge in [0.25, 0.3) is 0 Å². The quantitative estimate of drug-likeness (QED) is 0.861. The van der Waals surface area contributed by atoms with Crippen LogP contribution in [-0.4, -0.2) is 39.2 Å². The molecule has 2 saturated heterocycles. The van der Waals surface area contributed by atoms with E-state index in [1.165, 1.54) is 12.1 Å². The summed E-state index contributed by atoms with van der Waals surface area (Å²) < 4.78 is 8.34. The molecule has 2 aliphatic rings. The van der Waals surface area contributed by atoms with E-state index in [1.54, 1.807) is 0 Å². The van der Waals surface area contributed by atoms with E-state index in [0.717, 1.165) is 45.4 Å². The number of hydrogen-bond acceptors (Lipinski definition) is 4. The molecule has 0 aromatic carbocycles. The molecule has 2 aliphatic heterocycles. The van der Waals surface area contributed by atoms with Gasteiger partial charge in [-0.05, 0) is 46.0 Å². The Hall–Kier alpha value is -1.38. The van der Waals surface area contributed by atoms with Gasteiger partial charge in [0.2, 0.25) is 0 Å². The molecule has 2 unspecified atom stereocenters. The molecular formula is C17H26N4O. The number of aromatic nitrogens is 2. The van der Waals surface area contributed by atoms with Gasteiger partial charge in [-0.2, -0.15) is 5.26 Å². The Kier molecular flexibility index (Phi) is 4.51. The first-order valence-electron chi connectivity index (χ1n) is 8.44. The lowest BCUT2D eigenvalue weighted by Crippen LogP contribution is -2.58. The first-order chi connectivity index (χ1) is 10.7. The van der Waals surface area contributed by atoms with E-state index in [0.29, 0.717) is 6.04 Å². The van der Waals surface area contributed by atoms with E-state index >= 15 is 0 Å². The van der Waals surface area contributed by atoms with Crippen LogP contribution in [-0.2, 0) is 11.3 Å². The number of imidazole rings is 1. The van der Waals surface area contributed by atoms with Gasteiger partial charge in [0.1, 0.15) is 6.04 Å². The van der Waals surface area contributed by atoms with Crippen LogP contribution in [0.3, 0.4) is 0 Å². The Morgan fingerprint density at radius 2 is 2.23 bits per heavy atom. The summed E-state index contributed by atoms with van der Waals surface area (Å²) in [5.74, 6) is 0. The van der Waals surface area contributed by atoms with Crippen molar-refractivity contribution in [1.29, 1.82) is 5.26 Å². The van der Waals surface area contributed by atoms with Crippen LogP contribution >= 0.6 is 0 Å². The van der Waals surface area contributed by atoms with Gasteiger partial charge in [0, 0.05) is 31.9 Å². The lowest BCUT2D eigenvalue weighted by Gasteiger charge is -2.48. The van der Waals surface area contributed by atoms with Crippen LogP contribution in [0.15, 0.2) is 12.5 Å². The Balaban J connectivity index is 1.80. The van der Waals surface area contributed by atoms with E-state index < -0.39 is 0 Å². The molecule has 5 heteroatoms. The number of nitriles is 1. The summed E-state index contributed by atoms with van der Waals surface area (Å²) in [6, 6.07) is 2.80. The zero-order valence-electron chi connectivity index (χ0n) is 13.7. The summed E-state index contributed by atoms with van der Waals surface area (Å²) in [6.07, 6.45) is 9.26. The molecule has 120 valence electrons. The maximum Gasteiger partial charge on any atom is 0.127 e. The van der Waals surface area contributed by atoms with E-state index in [4.69, 9.17) is 4.74 Å². The van der Waals surface area contributed by atoms with Crippen LogP contribution in [0.25, 0.3) is 0 Å². The molecule has 2 atom stereocenters. The monoisotopic (exact) mass is 302 g/mol. The molecule has 3 heterocycles. The van der Waals surface area contributed by atoms with Crippen LogP contribution < -0.4 is 0 Å². The molecular weight excluding hydrogens is 276 g/mol. The smallest absolute Gasteiger partial charge is 0.127 e. The minimum Gasteiger partial charge on any atom is -0.372 e. The van der Waals surface area contributed by atoms with Crippen molar-refractivity contribution in [1.82, 2.24) is 14.5 Å². The molecule has 0 amide bonds. The second-order valence-corrected chi connectivity index (χ2v) is 6.86. The molecule has 2 fully saturated rings. The van der Waals surface area contributed by atoms with Crippen molar-refractivity contribution < 1.29 is 4.74 Å². The predicted molar refractivity (Wildman–Crippen MR) is 84.2 cm³/mol. The number of likely N-dealkylation sites (tertiary alicyclic amines) is 1. The largest absolute Gasteiger partial charge is 0.372 e. The summed E-state index contributed by atoms with van der Waals surface area (Å²) in [5, 5.41) is 9.79. The summed E-state index contributed by atoms with van der Waals surface area (Å²) >= 11 is 0. The fourth-order valence-corrected chi connectivity index (χ4v) is 3.96. The van der Waals surface area contributed by atoms with Gasteiger partial charge in [-0.3, -0.25) is 4.90 Å². The van der Waals surface area contributed by atoms with Crippen molar-refractivity contribution in [2.24, 2.45) is 0 Å². The van der Waals surface area contributed by atoms with Crippen LogP contribution in [0.1, 0.15) is 57.7 Å². The number of hydrogen-bond donors (Lipinski definition) is 0. The topological polar surface area (TPSA) is 54.1 Å². The van der Waals surface area contributed by atoms with Gasteiger partial charge in [-0.25, -0.2) is 4.98 Å². The third-order valence-electron chi connectivity index (χ3n) is 5.08. The molecule has 0 aliphatic carbocycles. The van der Waals surface area contributed by atoms with E-state index in [-0.39, 0.29) is 11.6 Å². The minimum absolute atomic E-state index is 0.142. The summed E-state index contributed by atoms with van der Waals surface area (Å²) in [7, 11) is 0. The molecule has 0 saturated carbocycles. The molecule has 22 heavy (non-hydrogen) atoms. The van der Waals surface area contributed by atoms with Crippen molar-refractivity contribution >= 4 is 0 Å². The summed E-state index contributed by atoms with van der Waals surface area (Å²) in [4.78, 5) is 6.58. The number of ether oxygens (including phenoxy) is 1. The second-order valence-electron chi connectivity index (χ2n) is 6.86. The van der Waals surface area contributed by atoms with Crippen LogP contribution in [0, 0.1) is 11.3 Å². The third kappa shape index (κ3) is 2.78. The lowest BCUT2D eigenvalue weighted by molar-refractivity contribution is -0.138. The van der Waals surface area contributed by atoms with E-state index in [2.05, 4.69) is 34.4 Å². The van der Waals surface area contributed by atoms with Gasteiger partial charge in [0.15, 0.2) is 0 Å². The van der Waals surface area contributed by atoms with E-state index in [9.17, 15) is 5.26 Å². The maximum atomic E-state index is 9.79. The fraction of sp³-hybridized carbons (Fsp3) is 0.765. The van der Waals surface area contributed by atoms with E-state index in [1.807, 2.05) is 12.5 Å². The molecule has 1 spiro atoms. The van der Waals surface area contributed by atoms with Crippen LogP contribution in [0.5, 0.6) is 0 Å². The highest BCUT2D eigenvalue weighted by Gasteiger charge is 2.47. The van der Waals surface area contributed by atoms with Gasteiger partial charge < -0.3 is 9.30 Å². The Morgan fingerprint density at radius 1 is 1.41 bits per heavy atom. The van der Waals surface area contributed by atoms with Crippen LogP contribution in [0.2, 0.25) is 0 Å². The fourth-order valence-electron chi connectivity index (χ4n) is 3.96. The number of rotatable bonds is 3. The molecule has 0 N–H and O–H groups in total. The number of nitrogens with zero attached hydrogens (tertiary/aromatic N) is 4. The summed E-state index contributed by atoms with van der Waals surface area (Å²) in [6.45, 7) is 6.87. The van der Waals surface area contributed by atoms with Crippen molar-refractivity contribution in [3.05, 3.63) is 18.2 Å². The third-order valence-corrected chi connectivity index (χ3v) is 5.08. The molecule has 3 rings (SSSR count). The zero-order chi connectivity index (χ0) is 15.6. The number of piperidine rings is 1. The molecule has 1 aromatic rings. The van der Waals surface area contributed by atoms with Crippen molar-refractivity contribution in [2.75, 3.05) is 13.2 Å². The van der Waals surface area contributed by atoms with Gasteiger partial charge in [0.05, 0.1) is 23.7 Å². The SMILES string of the molecule is CC(C)n1cncc1CN1CCCC2(CCCCO2)C1C#N. The van der Waals surface area contributed by atoms with Crippen molar-refractivity contribution in [3.8, 4) is 6.07 Å². The van der Waals surface area contributed by atoms with Gasteiger partial charge in [-0.1, -0.05) is 0 Å². The van der Waals surface area contributed by atoms with Crippen molar-refractivity contribution in [3.63, 3.8) is 0 Å². The highest BCUT2D eigenvalue weighted by molar-refractivity contribution is 5.12. The molecule has 0 radical (unpaired) electrons. The molecule has 1 aromatic heterocycles. The normalized spacial score (nSPS) is 29.8. The van der Waals surface area contributed by atoms with Crippen molar-refractivity contribution in [2.45, 2.75) is 70.2 Å². The zero-order valence-corrected chi connectivity index (χ0v) is 13.7. The molecule has 0 bridgehead atoms. The average Bonchev–Trinajstić information content (AvgIpc) is 2.97. The Morgan fingerprint density at radius 3 is 2.91 bits per heavy atom. The second kappa shape index (κ2) is 6.39. The first kappa shape index (κ1) is 15.5. The Labute approximate surface area is 132 Å². The first-order valence-corrected chi connectivity index (χ1v) is 8.44. The average molecular weight is 302 g/mol. The van der Waals surface area contributed by atoms with Gasteiger partial charge >= 0.3 is 0 Å². The standard InChI is InChI=1S/C17H26N4O/c1-14(2)21-13-19-11-15(21)12-20-8-5-7-17(16(20)10-18)6-3-4-9-22-17/h11,13-14,16H,3-9,12H2,1-2H3. The van der Waals surface area contributed by atoms with Gasteiger partial charge in [-0.15, -0.1) is 0 Å². The highest BCUT2D eigenvalue weighted by Crippen LogP contribution is 2.38. The maximum absolute atomic E-state index is 9.79. The molecule has 5 nitrogen and oxygen atoms in total. The summed E-state index contributed by atoms with van der Waals surface area (Å²) in [5.41, 5.74) is 0.941. The highest BCUT2D eigenvalue weighted by atomic mass is 16.5.